The Bertz CT molecular complexity index is 804. The van der Waals surface area contributed by atoms with E-state index in [4.69, 9.17) is 4.74 Å². The molecule has 0 aromatic heterocycles. The van der Waals surface area contributed by atoms with E-state index in [2.05, 4.69) is 5.32 Å². The van der Waals surface area contributed by atoms with Gasteiger partial charge in [0.05, 0.1) is 6.10 Å². The van der Waals surface area contributed by atoms with E-state index in [1.807, 2.05) is 49.4 Å². The van der Waals surface area contributed by atoms with Gasteiger partial charge in [0, 0.05) is 37.9 Å². The first-order valence-electron chi connectivity index (χ1n) is 9.42. The van der Waals surface area contributed by atoms with Crippen LogP contribution in [0.2, 0.25) is 0 Å². The van der Waals surface area contributed by atoms with Gasteiger partial charge in [-0.15, -0.1) is 0 Å². The van der Waals surface area contributed by atoms with E-state index < -0.39 is 0 Å². The maximum atomic E-state index is 12.3. The molecule has 0 radical (unpaired) electrons. The Morgan fingerprint density at radius 2 is 1.96 bits per heavy atom. The number of carbonyl (C=O) groups excluding carboxylic acids is 2. The standard InChI is InChI=1S/C22H26N2O3/c1-16(18-7-4-3-5-8-18)27-14-6-12-23-22(26)20-9-10-21-19(15-20)11-13-24(21)17(2)25/h3-5,7-10,15-16H,6,11-14H2,1-2H3,(H,23,26). The maximum absolute atomic E-state index is 12.3. The lowest BCUT2D eigenvalue weighted by molar-refractivity contribution is -0.116. The first kappa shape index (κ1) is 19.1. The summed E-state index contributed by atoms with van der Waals surface area (Å²) in [5.41, 5.74) is 3.76. The molecule has 0 aliphatic carbocycles. The van der Waals surface area contributed by atoms with E-state index in [9.17, 15) is 9.59 Å². The third-order valence-corrected chi connectivity index (χ3v) is 4.86. The number of fused-ring (bicyclic) bond motifs is 1. The van der Waals surface area contributed by atoms with Crippen molar-refractivity contribution in [3.8, 4) is 0 Å². The van der Waals surface area contributed by atoms with E-state index in [1.165, 1.54) is 0 Å². The Balaban J connectivity index is 1.43. The summed E-state index contributed by atoms with van der Waals surface area (Å²) in [7, 11) is 0. The van der Waals surface area contributed by atoms with Gasteiger partial charge in [0.15, 0.2) is 0 Å². The number of hydrogen-bond donors (Lipinski definition) is 1. The molecule has 1 heterocycles. The number of carbonyl (C=O) groups is 2. The van der Waals surface area contributed by atoms with E-state index >= 15 is 0 Å². The lowest BCUT2D eigenvalue weighted by Gasteiger charge is -2.15. The van der Waals surface area contributed by atoms with Crippen molar-refractivity contribution in [3.05, 3.63) is 65.2 Å². The monoisotopic (exact) mass is 366 g/mol. The van der Waals surface area contributed by atoms with Gasteiger partial charge in [-0.1, -0.05) is 30.3 Å². The average molecular weight is 366 g/mol. The molecule has 5 heteroatoms. The van der Waals surface area contributed by atoms with Crippen LogP contribution >= 0.6 is 0 Å². The molecule has 1 N–H and O–H groups in total. The second-order valence-electron chi connectivity index (χ2n) is 6.80. The van der Waals surface area contributed by atoms with Gasteiger partial charge >= 0.3 is 0 Å². The van der Waals surface area contributed by atoms with Crippen molar-refractivity contribution in [2.75, 3.05) is 24.6 Å². The Morgan fingerprint density at radius 1 is 1.19 bits per heavy atom. The fourth-order valence-corrected chi connectivity index (χ4v) is 3.33. The topological polar surface area (TPSA) is 58.6 Å². The molecule has 2 amide bonds. The number of hydrogen-bond acceptors (Lipinski definition) is 3. The van der Waals surface area contributed by atoms with Gasteiger partial charge in [-0.3, -0.25) is 9.59 Å². The van der Waals surface area contributed by atoms with Crippen molar-refractivity contribution in [2.45, 2.75) is 32.8 Å². The second kappa shape index (κ2) is 8.82. The van der Waals surface area contributed by atoms with Gasteiger partial charge in [-0.25, -0.2) is 0 Å². The van der Waals surface area contributed by atoms with Crippen molar-refractivity contribution >= 4 is 17.5 Å². The Labute approximate surface area is 160 Å². The molecule has 1 aliphatic rings. The molecule has 0 saturated heterocycles. The van der Waals surface area contributed by atoms with E-state index in [1.54, 1.807) is 17.9 Å². The van der Waals surface area contributed by atoms with E-state index in [-0.39, 0.29) is 17.9 Å². The maximum Gasteiger partial charge on any atom is 0.251 e. The Kier molecular flexibility index (Phi) is 6.24. The quantitative estimate of drug-likeness (QED) is 0.763. The molecular formula is C22H26N2O3. The average Bonchev–Trinajstić information content (AvgIpc) is 3.11. The molecule has 3 rings (SSSR count). The van der Waals surface area contributed by atoms with Crippen molar-refractivity contribution in [2.24, 2.45) is 0 Å². The summed E-state index contributed by atoms with van der Waals surface area (Å²) in [5, 5.41) is 2.94. The molecule has 0 fully saturated rings. The number of amides is 2. The summed E-state index contributed by atoms with van der Waals surface area (Å²) in [6.45, 7) is 5.44. The van der Waals surface area contributed by atoms with Crippen LogP contribution in [0.15, 0.2) is 48.5 Å². The lowest BCUT2D eigenvalue weighted by Crippen LogP contribution is -2.26. The first-order chi connectivity index (χ1) is 13.1. The number of nitrogens with one attached hydrogen (secondary N) is 1. The highest BCUT2D eigenvalue weighted by Gasteiger charge is 2.23. The SMILES string of the molecule is CC(=O)N1CCc2cc(C(=O)NCCCOC(C)c3ccccc3)ccc21. The molecule has 1 atom stereocenters. The molecule has 1 aliphatic heterocycles. The zero-order valence-electron chi connectivity index (χ0n) is 15.9. The zero-order chi connectivity index (χ0) is 19.2. The minimum Gasteiger partial charge on any atom is -0.374 e. The molecule has 142 valence electrons. The van der Waals surface area contributed by atoms with Crippen molar-refractivity contribution in [3.63, 3.8) is 0 Å². The van der Waals surface area contributed by atoms with Crippen LogP contribution in [0.4, 0.5) is 5.69 Å². The third kappa shape index (κ3) is 4.74. The molecule has 2 aromatic carbocycles. The number of ether oxygens (including phenoxy) is 1. The summed E-state index contributed by atoms with van der Waals surface area (Å²) in [4.78, 5) is 25.7. The van der Waals surface area contributed by atoms with Crippen LogP contribution in [0.5, 0.6) is 0 Å². The van der Waals surface area contributed by atoms with Gasteiger partial charge in [-0.05, 0) is 49.1 Å². The number of rotatable bonds is 7. The van der Waals surface area contributed by atoms with Gasteiger partial charge in [-0.2, -0.15) is 0 Å². The van der Waals surface area contributed by atoms with Gasteiger partial charge in [0.2, 0.25) is 5.91 Å². The van der Waals surface area contributed by atoms with Crippen LogP contribution in [0.1, 0.15) is 47.9 Å². The Hall–Kier alpha value is -2.66. The van der Waals surface area contributed by atoms with Crippen LogP contribution in [0, 0.1) is 0 Å². The molecular weight excluding hydrogens is 340 g/mol. The molecule has 5 nitrogen and oxygen atoms in total. The van der Waals surface area contributed by atoms with Crippen LogP contribution in [0.3, 0.4) is 0 Å². The zero-order valence-corrected chi connectivity index (χ0v) is 15.9. The predicted octanol–water partition coefficient (Wildman–Crippen LogP) is 3.49. The van der Waals surface area contributed by atoms with Gasteiger partial charge in [0.25, 0.3) is 5.91 Å². The third-order valence-electron chi connectivity index (χ3n) is 4.86. The van der Waals surface area contributed by atoms with Crippen LogP contribution < -0.4 is 10.2 Å². The summed E-state index contributed by atoms with van der Waals surface area (Å²) >= 11 is 0. The molecule has 2 aromatic rings. The highest BCUT2D eigenvalue weighted by molar-refractivity contribution is 5.97. The number of anilines is 1. The molecule has 0 spiro atoms. The lowest BCUT2D eigenvalue weighted by atomic mass is 10.1. The van der Waals surface area contributed by atoms with E-state index in [0.29, 0.717) is 25.3 Å². The van der Waals surface area contributed by atoms with Crippen molar-refractivity contribution < 1.29 is 14.3 Å². The van der Waals surface area contributed by atoms with Crippen LogP contribution in [0.25, 0.3) is 0 Å². The van der Waals surface area contributed by atoms with Crippen LogP contribution in [-0.4, -0.2) is 31.5 Å². The summed E-state index contributed by atoms with van der Waals surface area (Å²) in [6, 6.07) is 15.6. The second-order valence-corrected chi connectivity index (χ2v) is 6.80. The van der Waals surface area contributed by atoms with Crippen molar-refractivity contribution in [1.29, 1.82) is 0 Å². The summed E-state index contributed by atoms with van der Waals surface area (Å²) in [5.74, 6) is -0.0501. The normalized spacial score (nSPS) is 13.9. The molecule has 1 unspecified atom stereocenters. The summed E-state index contributed by atoms with van der Waals surface area (Å²) < 4.78 is 5.82. The van der Waals surface area contributed by atoms with Gasteiger partial charge in [0.1, 0.15) is 0 Å². The largest absolute Gasteiger partial charge is 0.374 e. The first-order valence-corrected chi connectivity index (χ1v) is 9.42. The van der Waals surface area contributed by atoms with Crippen molar-refractivity contribution in [1.82, 2.24) is 5.32 Å². The Morgan fingerprint density at radius 3 is 2.70 bits per heavy atom. The minimum absolute atomic E-state index is 0.0377. The summed E-state index contributed by atoms with van der Waals surface area (Å²) in [6.07, 6.45) is 1.59. The predicted molar refractivity (Wildman–Crippen MR) is 106 cm³/mol. The fraction of sp³-hybridized carbons (Fsp3) is 0.364. The highest BCUT2D eigenvalue weighted by atomic mass is 16.5. The smallest absolute Gasteiger partial charge is 0.251 e. The number of benzene rings is 2. The number of nitrogens with zero attached hydrogens (tertiary/aromatic N) is 1. The fourth-order valence-electron chi connectivity index (χ4n) is 3.33. The van der Waals surface area contributed by atoms with Gasteiger partial charge < -0.3 is 15.0 Å². The molecule has 0 saturated carbocycles. The molecule has 0 bridgehead atoms. The molecule has 27 heavy (non-hydrogen) atoms. The van der Waals surface area contributed by atoms with E-state index in [0.717, 1.165) is 29.7 Å². The van der Waals surface area contributed by atoms with Crippen LogP contribution in [-0.2, 0) is 16.0 Å². The minimum atomic E-state index is -0.0878. The highest BCUT2D eigenvalue weighted by Crippen LogP contribution is 2.28.